The molecule has 2 rings (SSSR count). The van der Waals surface area contributed by atoms with Crippen molar-refractivity contribution in [1.29, 1.82) is 0 Å². The number of allylic oxidation sites excluding steroid dienone is 1. The largest absolute Gasteiger partial charge is 0.496 e. The molecular weight excluding hydrogens is 320 g/mol. The van der Waals surface area contributed by atoms with Crippen molar-refractivity contribution in [3.63, 3.8) is 0 Å². The fourth-order valence-corrected chi connectivity index (χ4v) is 2.90. The molecule has 1 unspecified atom stereocenters. The number of fused-ring (bicyclic) bond motifs is 1. The van der Waals surface area contributed by atoms with Gasteiger partial charge < -0.3 is 24.1 Å². The lowest BCUT2D eigenvalue weighted by molar-refractivity contribution is 0.176. The molecule has 0 aliphatic heterocycles. The third-order valence-corrected chi connectivity index (χ3v) is 4.12. The van der Waals surface area contributed by atoms with Crippen LogP contribution in [0.3, 0.4) is 0 Å². The molecule has 1 atom stereocenters. The zero-order chi connectivity index (χ0) is 18.6. The van der Waals surface area contributed by atoms with Crippen LogP contribution in [0.4, 0.5) is 0 Å². The fourth-order valence-electron chi connectivity index (χ4n) is 2.90. The van der Waals surface area contributed by atoms with E-state index in [1.54, 1.807) is 34.5 Å². The van der Waals surface area contributed by atoms with Gasteiger partial charge in [-0.05, 0) is 38.5 Å². The Hall–Kier alpha value is -2.40. The second-order valence-corrected chi connectivity index (χ2v) is 5.95. The van der Waals surface area contributed by atoms with Crippen LogP contribution in [-0.4, -0.2) is 33.5 Å². The van der Waals surface area contributed by atoms with Gasteiger partial charge in [0.15, 0.2) is 0 Å². The van der Waals surface area contributed by atoms with Crippen LogP contribution < -0.4 is 18.9 Å². The molecule has 0 saturated heterocycles. The first-order valence-electron chi connectivity index (χ1n) is 8.09. The smallest absolute Gasteiger partial charge is 0.136 e. The molecule has 0 aliphatic rings. The first-order valence-corrected chi connectivity index (χ1v) is 8.09. The minimum atomic E-state index is -0.723. The second kappa shape index (κ2) is 8.12. The maximum Gasteiger partial charge on any atom is 0.136 e. The van der Waals surface area contributed by atoms with Crippen molar-refractivity contribution in [2.75, 3.05) is 28.4 Å². The summed E-state index contributed by atoms with van der Waals surface area (Å²) in [6, 6.07) is 5.43. The van der Waals surface area contributed by atoms with Crippen molar-refractivity contribution in [1.82, 2.24) is 0 Å². The molecule has 1 N–H and O–H groups in total. The van der Waals surface area contributed by atoms with Crippen LogP contribution >= 0.6 is 0 Å². The average molecular weight is 346 g/mol. The van der Waals surface area contributed by atoms with Gasteiger partial charge in [-0.2, -0.15) is 0 Å². The third kappa shape index (κ3) is 3.66. The number of hydrogen-bond donors (Lipinski definition) is 1. The van der Waals surface area contributed by atoms with Crippen LogP contribution in [0.2, 0.25) is 0 Å². The van der Waals surface area contributed by atoms with Crippen molar-refractivity contribution in [3.05, 3.63) is 35.4 Å². The molecule has 0 fully saturated rings. The average Bonchev–Trinajstić information content (AvgIpc) is 2.63. The normalized spacial score (nSPS) is 11.8. The van der Waals surface area contributed by atoms with E-state index in [0.717, 1.165) is 16.3 Å². The first kappa shape index (κ1) is 18.9. The molecule has 2 aromatic rings. The van der Waals surface area contributed by atoms with E-state index in [4.69, 9.17) is 18.9 Å². The minimum absolute atomic E-state index is 0.486. The summed E-state index contributed by atoms with van der Waals surface area (Å²) in [5.41, 5.74) is 1.79. The molecule has 0 aliphatic carbocycles. The number of hydrogen-bond acceptors (Lipinski definition) is 5. The Labute approximate surface area is 148 Å². The lowest BCUT2D eigenvalue weighted by atomic mass is 9.97. The van der Waals surface area contributed by atoms with Gasteiger partial charge in [-0.25, -0.2) is 0 Å². The summed E-state index contributed by atoms with van der Waals surface area (Å²) in [5, 5.41) is 12.2. The quantitative estimate of drug-likeness (QED) is 0.759. The van der Waals surface area contributed by atoms with Crippen LogP contribution in [0.15, 0.2) is 29.8 Å². The number of aliphatic hydroxyl groups is 1. The highest BCUT2D eigenvalue weighted by Crippen LogP contribution is 2.48. The van der Waals surface area contributed by atoms with Gasteiger partial charge in [0.05, 0.1) is 45.3 Å². The van der Waals surface area contributed by atoms with Crippen molar-refractivity contribution in [3.8, 4) is 23.0 Å². The number of methoxy groups -OCH3 is 4. The van der Waals surface area contributed by atoms with Crippen LogP contribution in [0.1, 0.15) is 31.9 Å². The van der Waals surface area contributed by atoms with E-state index in [1.807, 2.05) is 32.1 Å². The summed E-state index contributed by atoms with van der Waals surface area (Å²) in [6.07, 6.45) is 1.75. The van der Waals surface area contributed by atoms with Gasteiger partial charge in [-0.3, -0.25) is 0 Å². The molecule has 25 heavy (non-hydrogen) atoms. The minimum Gasteiger partial charge on any atom is -0.496 e. The molecule has 5 heteroatoms. The summed E-state index contributed by atoms with van der Waals surface area (Å²) in [7, 11) is 6.37. The number of ether oxygens (including phenoxy) is 4. The summed E-state index contributed by atoms with van der Waals surface area (Å²) >= 11 is 0. The molecule has 0 radical (unpaired) electrons. The molecule has 0 aromatic heterocycles. The van der Waals surface area contributed by atoms with Gasteiger partial charge >= 0.3 is 0 Å². The van der Waals surface area contributed by atoms with E-state index in [9.17, 15) is 5.11 Å². The molecule has 0 saturated carbocycles. The maximum atomic E-state index is 10.7. The Bertz CT molecular complexity index is 775. The van der Waals surface area contributed by atoms with Gasteiger partial charge in [-0.1, -0.05) is 11.6 Å². The lowest BCUT2D eigenvalue weighted by Crippen LogP contribution is -2.03. The number of aliphatic hydroxyl groups excluding tert-OH is 1. The molecular formula is C20H26O5. The summed E-state index contributed by atoms with van der Waals surface area (Å²) < 4.78 is 22.2. The van der Waals surface area contributed by atoms with Crippen LogP contribution in [0, 0.1) is 0 Å². The first-order chi connectivity index (χ1) is 12.0. The third-order valence-electron chi connectivity index (χ3n) is 4.12. The van der Waals surface area contributed by atoms with E-state index in [1.165, 1.54) is 0 Å². The molecule has 5 nitrogen and oxygen atoms in total. The summed E-state index contributed by atoms with van der Waals surface area (Å²) in [5.74, 6) is 2.43. The van der Waals surface area contributed by atoms with Crippen molar-refractivity contribution >= 4 is 10.8 Å². The number of rotatable bonds is 7. The Morgan fingerprint density at radius 3 is 1.96 bits per heavy atom. The molecule has 0 amide bonds. The summed E-state index contributed by atoms with van der Waals surface area (Å²) in [6.45, 7) is 4.00. The van der Waals surface area contributed by atoms with E-state index >= 15 is 0 Å². The Balaban J connectivity index is 2.82. The predicted octanol–water partition coefficient (Wildman–Crippen LogP) is 4.26. The van der Waals surface area contributed by atoms with Crippen LogP contribution in [-0.2, 0) is 0 Å². The lowest BCUT2D eigenvalue weighted by Gasteiger charge is -2.21. The summed E-state index contributed by atoms with van der Waals surface area (Å²) in [4.78, 5) is 0. The predicted molar refractivity (Wildman–Crippen MR) is 99.2 cm³/mol. The molecule has 136 valence electrons. The second-order valence-electron chi connectivity index (χ2n) is 5.95. The standard InChI is InChI=1S/C20H26O5/c1-12(2)7-8-14(21)13-11-17(24-5)18-15(22-3)9-10-16(23-4)19(18)20(13)25-6/h7,9-11,14,21H,8H2,1-6H3. The zero-order valence-electron chi connectivity index (χ0n) is 15.7. The zero-order valence-corrected chi connectivity index (χ0v) is 15.7. The van der Waals surface area contributed by atoms with Gasteiger partial charge in [0.1, 0.15) is 23.0 Å². The highest BCUT2D eigenvalue weighted by molar-refractivity contribution is 6.03. The highest BCUT2D eigenvalue weighted by atomic mass is 16.5. The van der Waals surface area contributed by atoms with Gasteiger partial charge in [0, 0.05) is 5.56 Å². The highest BCUT2D eigenvalue weighted by Gasteiger charge is 2.23. The van der Waals surface area contributed by atoms with E-state index < -0.39 is 6.10 Å². The van der Waals surface area contributed by atoms with Gasteiger partial charge in [-0.15, -0.1) is 0 Å². The molecule has 2 aromatic carbocycles. The van der Waals surface area contributed by atoms with Crippen LogP contribution in [0.5, 0.6) is 23.0 Å². The monoisotopic (exact) mass is 346 g/mol. The van der Waals surface area contributed by atoms with Crippen molar-refractivity contribution < 1.29 is 24.1 Å². The Morgan fingerprint density at radius 1 is 0.920 bits per heavy atom. The Morgan fingerprint density at radius 2 is 1.48 bits per heavy atom. The van der Waals surface area contributed by atoms with E-state index in [2.05, 4.69) is 0 Å². The van der Waals surface area contributed by atoms with E-state index in [-0.39, 0.29) is 0 Å². The molecule has 0 spiro atoms. The fraction of sp³-hybridized carbons (Fsp3) is 0.400. The molecule has 0 heterocycles. The molecule has 0 bridgehead atoms. The van der Waals surface area contributed by atoms with E-state index in [0.29, 0.717) is 35.0 Å². The van der Waals surface area contributed by atoms with Gasteiger partial charge in [0.25, 0.3) is 0 Å². The number of benzene rings is 2. The SMILES string of the molecule is COc1ccc(OC)c2c(OC)c(C(O)CC=C(C)C)cc(OC)c12. The Kier molecular flexibility index (Phi) is 6.15. The van der Waals surface area contributed by atoms with Gasteiger partial charge in [0.2, 0.25) is 0 Å². The van der Waals surface area contributed by atoms with Crippen molar-refractivity contribution in [2.45, 2.75) is 26.4 Å². The van der Waals surface area contributed by atoms with Crippen molar-refractivity contribution in [2.24, 2.45) is 0 Å². The maximum absolute atomic E-state index is 10.7. The topological polar surface area (TPSA) is 57.2 Å². The van der Waals surface area contributed by atoms with Crippen LogP contribution in [0.25, 0.3) is 10.8 Å².